The van der Waals surface area contributed by atoms with E-state index in [-0.39, 0.29) is 29.7 Å². The van der Waals surface area contributed by atoms with E-state index in [0.29, 0.717) is 29.5 Å². The van der Waals surface area contributed by atoms with Gasteiger partial charge in [0, 0.05) is 55.2 Å². The van der Waals surface area contributed by atoms with Crippen LogP contribution in [0.2, 0.25) is 0 Å². The minimum absolute atomic E-state index is 0.0223. The van der Waals surface area contributed by atoms with Crippen molar-refractivity contribution < 1.29 is 24.0 Å². The summed E-state index contributed by atoms with van der Waals surface area (Å²) >= 11 is 0. The zero-order valence-electron chi connectivity index (χ0n) is 32.9. The monoisotopic (exact) mass is 796 g/mol. The molecule has 3 saturated heterocycles. The third-order valence-corrected chi connectivity index (χ3v) is 12.7. The Labute approximate surface area is 342 Å². The number of carbonyl (C=O) groups is 5. The van der Waals surface area contributed by atoms with Gasteiger partial charge in [0.15, 0.2) is 11.5 Å². The highest BCUT2D eigenvalue weighted by Gasteiger charge is 2.45. The SMILES string of the molecule is NC(=O)c1nnc(N2CCCCC2)nc1Nc1ccc(C2CCN(CC3CC(C4=CC=CC=CN4c4ccc5c(c4)C(=O)N(C4CCC(=O)NC4=O)C5=O)C3)CC2)cc1. The number of hydrogen-bond acceptors (Lipinski definition) is 12. The van der Waals surface area contributed by atoms with E-state index in [4.69, 9.17) is 5.73 Å². The van der Waals surface area contributed by atoms with E-state index in [1.165, 1.54) is 12.0 Å². The lowest BCUT2D eigenvalue weighted by molar-refractivity contribution is -0.136. The number of nitrogens with zero attached hydrogens (tertiary/aromatic N) is 7. The van der Waals surface area contributed by atoms with Crippen LogP contribution in [0.5, 0.6) is 0 Å². The maximum Gasteiger partial charge on any atom is 0.273 e. The van der Waals surface area contributed by atoms with Gasteiger partial charge in [-0.25, -0.2) is 0 Å². The molecule has 4 fully saturated rings. The second kappa shape index (κ2) is 16.2. The Balaban J connectivity index is 0.782. The maximum absolute atomic E-state index is 13.6. The van der Waals surface area contributed by atoms with Gasteiger partial charge in [-0.2, -0.15) is 4.98 Å². The van der Waals surface area contributed by atoms with Gasteiger partial charge in [0.05, 0.1) is 11.1 Å². The first kappa shape index (κ1) is 38.3. The van der Waals surface area contributed by atoms with Crippen molar-refractivity contribution in [2.45, 2.75) is 69.7 Å². The molecule has 1 saturated carbocycles. The Bertz CT molecular complexity index is 2270. The molecule has 1 unspecified atom stereocenters. The number of benzene rings is 2. The predicted molar refractivity (Wildman–Crippen MR) is 221 cm³/mol. The first-order chi connectivity index (χ1) is 28.7. The summed E-state index contributed by atoms with van der Waals surface area (Å²) in [6, 6.07) is 12.6. The Morgan fingerprint density at radius 3 is 2.34 bits per heavy atom. The molecular weight excluding hydrogens is 749 g/mol. The van der Waals surface area contributed by atoms with E-state index in [2.05, 4.69) is 58.7 Å². The number of amides is 5. The Kier molecular flexibility index (Phi) is 10.5. The van der Waals surface area contributed by atoms with Crippen molar-refractivity contribution in [3.63, 3.8) is 0 Å². The van der Waals surface area contributed by atoms with Crippen LogP contribution in [0.1, 0.15) is 100 Å². The van der Waals surface area contributed by atoms with Gasteiger partial charge in [0.25, 0.3) is 17.7 Å². The number of fused-ring (bicyclic) bond motifs is 1. The Morgan fingerprint density at radius 2 is 1.59 bits per heavy atom. The van der Waals surface area contributed by atoms with Crippen LogP contribution in [-0.4, -0.2) is 93.3 Å². The third kappa shape index (κ3) is 7.74. The molecule has 0 bridgehead atoms. The summed E-state index contributed by atoms with van der Waals surface area (Å²) in [6.45, 7) is 4.87. The largest absolute Gasteiger partial charge is 0.364 e. The van der Waals surface area contributed by atoms with Crippen molar-refractivity contribution in [3.05, 3.63) is 101 Å². The number of rotatable bonds is 10. The number of allylic oxidation sites excluding steroid dienone is 5. The molecule has 3 aromatic rings. The number of likely N-dealkylation sites (tertiary alicyclic amines) is 1. The summed E-state index contributed by atoms with van der Waals surface area (Å²) in [7, 11) is 0. The quantitative estimate of drug-likeness (QED) is 0.239. The van der Waals surface area contributed by atoms with E-state index >= 15 is 0 Å². The lowest BCUT2D eigenvalue weighted by Crippen LogP contribution is -2.54. The molecule has 6 heterocycles. The molecule has 1 aromatic heterocycles. The molecule has 5 aliphatic heterocycles. The molecule has 6 aliphatic rings. The van der Waals surface area contributed by atoms with Gasteiger partial charge in [-0.3, -0.25) is 34.2 Å². The number of hydrogen-bond donors (Lipinski definition) is 3. The van der Waals surface area contributed by atoms with E-state index in [1.54, 1.807) is 12.1 Å². The summed E-state index contributed by atoms with van der Waals surface area (Å²) < 4.78 is 0. The van der Waals surface area contributed by atoms with Gasteiger partial charge in [0.2, 0.25) is 17.8 Å². The van der Waals surface area contributed by atoms with Gasteiger partial charge in [-0.15, -0.1) is 10.2 Å². The molecule has 0 radical (unpaired) electrons. The van der Waals surface area contributed by atoms with Crippen molar-refractivity contribution in [2.24, 2.45) is 17.6 Å². The molecule has 1 atom stereocenters. The summed E-state index contributed by atoms with van der Waals surface area (Å²) in [5.74, 6) is -0.487. The summed E-state index contributed by atoms with van der Waals surface area (Å²) in [4.78, 5) is 75.7. The maximum atomic E-state index is 13.6. The molecular formula is C44H48N10O5. The zero-order chi connectivity index (χ0) is 40.6. The molecule has 2 aromatic carbocycles. The number of aromatic nitrogens is 3. The number of imide groups is 2. The fourth-order valence-electron chi connectivity index (χ4n) is 9.41. The number of nitrogens with two attached hydrogens (primary N) is 1. The van der Waals surface area contributed by atoms with Crippen molar-refractivity contribution in [1.29, 1.82) is 0 Å². The molecule has 59 heavy (non-hydrogen) atoms. The summed E-state index contributed by atoms with van der Waals surface area (Å²) in [5, 5.41) is 13.8. The zero-order valence-corrected chi connectivity index (χ0v) is 32.9. The van der Waals surface area contributed by atoms with Crippen LogP contribution in [0.4, 0.5) is 23.1 Å². The molecule has 304 valence electrons. The lowest BCUT2D eigenvalue weighted by Gasteiger charge is -2.43. The first-order valence-electron chi connectivity index (χ1n) is 20.8. The minimum Gasteiger partial charge on any atom is -0.364 e. The van der Waals surface area contributed by atoms with Crippen LogP contribution in [0, 0.1) is 11.8 Å². The normalized spacial score (nSPS) is 23.8. The van der Waals surface area contributed by atoms with Crippen LogP contribution in [0.3, 0.4) is 0 Å². The summed E-state index contributed by atoms with van der Waals surface area (Å²) in [6.07, 6.45) is 17.9. The molecule has 1 aliphatic carbocycles. The Morgan fingerprint density at radius 1 is 0.831 bits per heavy atom. The highest BCUT2D eigenvalue weighted by atomic mass is 16.2. The second-order valence-corrected chi connectivity index (χ2v) is 16.4. The van der Waals surface area contributed by atoms with Crippen LogP contribution in [0.25, 0.3) is 0 Å². The van der Waals surface area contributed by atoms with Gasteiger partial charge in [-0.05, 0) is 124 Å². The van der Waals surface area contributed by atoms with Gasteiger partial charge in [0.1, 0.15) is 6.04 Å². The first-order valence-corrected chi connectivity index (χ1v) is 20.8. The molecule has 4 N–H and O–H groups in total. The van der Waals surface area contributed by atoms with E-state index in [0.717, 1.165) is 93.2 Å². The van der Waals surface area contributed by atoms with Crippen molar-refractivity contribution in [3.8, 4) is 0 Å². The summed E-state index contributed by atoms with van der Waals surface area (Å²) in [5.41, 5.74) is 10.2. The van der Waals surface area contributed by atoms with Crippen molar-refractivity contribution in [1.82, 2.24) is 30.3 Å². The lowest BCUT2D eigenvalue weighted by atomic mass is 9.72. The molecule has 5 amide bonds. The van der Waals surface area contributed by atoms with Crippen molar-refractivity contribution >= 4 is 52.7 Å². The topological polar surface area (TPSA) is 187 Å². The number of nitrogens with one attached hydrogen (secondary N) is 2. The molecule has 0 spiro atoms. The van der Waals surface area contributed by atoms with E-state index in [1.807, 2.05) is 42.6 Å². The third-order valence-electron chi connectivity index (χ3n) is 12.7. The number of piperidine rings is 3. The molecule has 15 nitrogen and oxygen atoms in total. The Hall–Kier alpha value is -6.22. The van der Waals surface area contributed by atoms with Crippen LogP contribution in [0.15, 0.2) is 78.7 Å². The van der Waals surface area contributed by atoms with Crippen LogP contribution >= 0.6 is 0 Å². The smallest absolute Gasteiger partial charge is 0.273 e. The van der Waals surface area contributed by atoms with Gasteiger partial charge >= 0.3 is 0 Å². The minimum atomic E-state index is -0.999. The highest BCUT2D eigenvalue weighted by molar-refractivity contribution is 6.23. The van der Waals surface area contributed by atoms with E-state index in [9.17, 15) is 24.0 Å². The average Bonchev–Trinajstić information content (AvgIpc) is 3.35. The fourth-order valence-corrected chi connectivity index (χ4v) is 9.41. The van der Waals surface area contributed by atoms with Gasteiger partial charge in [-0.1, -0.05) is 24.3 Å². The second-order valence-electron chi connectivity index (χ2n) is 16.4. The number of primary amides is 1. The van der Waals surface area contributed by atoms with Crippen molar-refractivity contribution in [2.75, 3.05) is 47.8 Å². The fraction of sp³-hybridized carbons (Fsp3) is 0.409. The highest BCUT2D eigenvalue weighted by Crippen LogP contribution is 2.44. The van der Waals surface area contributed by atoms with Crippen LogP contribution in [-0.2, 0) is 9.59 Å². The van der Waals surface area contributed by atoms with Gasteiger partial charge < -0.3 is 25.8 Å². The average molecular weight is 797 g/mol. The standard InChI is InChI=1S/C44H48N10O5/c45-39(56)38-40(48-44(50-49-38)52-18-4-2-5-19-52)46-31-10-8-28(9-11-31)29-16-21-51(22-17-29)26-27-23-30(24-27)35-7-3-1-6-20-53(35)32-12-13-33-34(25-32)43(59)54(42(33)58)36-14-15-37(55)47-41(36)57/h1,3,6-13,20,25,27,29-30,36H,2,4-5,14-19,21-24,26H2,(H2,45,56)(H,46,48,50)(H,47,55,57). The molecule has 9 rings (SSSR count). The number of carbonyl (C=O) groups excluding carboxylic acids is 5. The van der Waals surface area contributed by atoms with Crippen LogP contribution < -0.4 is 26.2 Å². The predicted octanol–water partition coefficient (Wildman–Crippen LogP) is 4.79. The molecule has 15 heteroatoms. The number of anilines is 4. The van der Waals surface area contributed by atoms with E-state index < -0.39 is 35.6 Å².